The van der Waals surface area contributed by atoms with Gasteiger partial charge in [0.05, 0.1) is 7.11 Å². The first-order valence-corrected chi connectivity index (χ1v) is 6.84. The molecule has 3 N–H and O–H groups in total. The van der Waals surface area contributed by atoms with Crippen LogP contribution in [0.2, 0.25) is 0 Å². The molecule has 0 atom stereocenters. The van der Waals surface area contributed by atoms with Crippen LogP contribution < -0.4 is 10.5 Å². The number of rotatable bonds is 5. The largest absolute Gasteiger partial charge is 0.496 e. The fourth-order valence-corrected chi connectivity index (χ4v) is 1.64. The lowest BCUT2D eigenvalue weighted by molar-refractivity contribution is -0.137. The van der Waals surface area contributed by atoms with Crippen molar-refractivity contribution in [2.45, 2.75) is 46.6 Å². The number of aliphatic carboxylic acids is 1. The van der Waals surface area contributed by atoms with Crippen molar-refractivity contribution in [3.05, 3.63) is 29.8 Å². The van der Waals surface area contributed by atoms with Crippen molar-refractivity contribution in [3.8, 4) is 5.75 Å². The first kappa shape index (κ1) is 18.4. The maximum Gasteiger partial charge on any atom is 0.303 e. The Balaban J connectivity index is 0.000000361. The molecular weight excluding hydrogens is 254 g/mol. The average molecular weight is 281 g/mol. The van der Waals surface area contributed by atoms with E-state index < -0.39 is 5.97 Å². The molecule has 0 unspecified atom stereocenters. The van der Waals surface area contributed by atoms with Crippen LogP contribution in [0.15, 0.2) is 24.3 Å². The molecular formula is C16H27NO3. The van der Waals surface area contributed by atoms with Crippen LogP contribution in [0.3, 0.4) is 0 Å². The Morgan fingerprint density at radius 1 is 1.30 bits per heavy atom. The molecule has 1 rings (SSSR count). The smallest absolute Gasteiger partial charge is 0.303 e. The molecule has 4 nitrogen and oxygen atoms in total. The molecule has 1 aromatic carbocycles. The van der Waals surface area contributed by atoms with Crippen LogP contribution in [0.5, 0.6) is 5.75 Å². The summed E-state index contributed by atoms with van der Waals surface area (Å²) >= 11 is 0. The number of hydrogen-bond acceptors (Lipinski definition) is 3. The van der Waals surface area contributed by atoms with Gasteiger partial charge in [-0.05, 0) is 24.3 Å². The summed E-state index contributed by atoms with van der Waals surface area (Å²) in [6.07, 6.45) is 2.08. The lowest BCUT2D eigenvalue weighted by Gasteiger charge is -2.16. The molecule has 1 aromatic rings. The second kappa shape index (κ2) is 9.37. The Morgan fingerprint density at radius 2 is 1.90 bits per heavy atom. The minimum Gasteiger partial charge on any atom is -0.496 e. The van der Waals surface area contributed by atoms with E-state index in [1.165, 1.54) is 0 Å². The summed E-state index contributed by atoms with van der Waals surface area (Å²) < 4.78 is 5.06. The van der Waals surface area contributed by atoms with Gasteiger partial charge in [-0.15, -0.1) is 0 Å². The first-order valence-electron chi connectivity index (χ1n) is 6.84. The van der Waals surface area contributed by atoms with Gasteiger partial charge in [-0.3, -0.25) is 4.79 Å². The summed E-state index contributed by atoms with van der Waals surface area (Å²) in [4.78, 5) is 10.1. The summed E-state index contributed by atoms with van der Waals surface area (Å²) in [5, 5.41) is 8.31. The number of carbonyl (C=O) groups is 1. The number of carboxylic acid groups (broad SMARTS) is 1. The van der Waals surface area contributed by atoms with Gasteiger partial charge >= 0.3 is 5.97 Å². The fourth-order valence-electron chi connectivity index (χ4n) is 1.64. The van der Waals surface area contributed by atoms with Crippen LogP contribution in [0.4, 0.5) is 0 Å². The highest BCUT2D eigenvalue weighted by atomic mass is 16.5. The van der Waals surface area contributed by atoms with E-state index in [-0.39, 0.29) is 5.41 Å². The fraction of sp³-hybridized carbons (Fsp3) is 0.562. The Hall–Kier alpha value is -1.55. The van der Waals surface area contributed by atoms with Crippen LogP contribution in [0.25, 0.3) is 0 Å². The van der Waals surface area contributed by atoms with Crippen molar-refractivity contribution in [2.24, 2.45) is 11.1 Å². The van der Waals surface area contributed by atoms with E-state index >= 15 is 0 Å². The molecule has 0 aliphatic rings. The number of hydrogen-bond donors (Lipinski definition) is 2. The van der Waals surface area contributed by atoms with Gasteiger partial charge in [-0.2, -0.15) is 0 Å². The van der Waals surface area contributed by atoms with E-state index in [0.717, 1.165) is 24.2 Å². The molecule has 0 bridgehead atoms. The summed E-state index contributed by atoms with van der Waals surface area (Å²) in [6.45, 7) is 6.89. The Kier molecular flexibility index (Phi) is 8.64. The van der Waals surface area contributed by atoms with E-state index in [0.29, 0.717) is 13.0 Å². The molecule has 0 aliphatic heterocycles. The van der Waals surface area contributed by atoms with Gasteiger partial charge in [0.15, 0.2) is 0 Å². The van der Waals surface area contributed by atoms with Crippen molar-refractivity contribution in [1.29, 1.82) is 0 Å². The third-order valence-electron chi connectivity index (χ3n) is 2.73. The van der Waals surface area contributed by atoms with Crippen molar-refractivity contribution < 1.29 is 14.6 Å². The molecule has 114 valence electrons. The molecule has 0 saturated heterocycles. The number of benzene rings is 1. The summed E-state index contributed by atoms with van der Waals surface area (Å²) in [5.74, 6) is 0.175. The summed E-state index contributed by atoms with van der Waals surface area (Å²) in [7, 11) is 1.65. The van der Waals surface area contributed by atoms with Crippen LogP contribution >= 0.6 is 0 Å². The van der Waals surface area contributed by atoms with E-state index in [9.17, 15) is 4.79 Å². The lowest BCUT2D eigenvalue weighted by Crippen LogP contribution is -2.05. The molecule has 4 heteroatoms. The number of methoxy groups -OCH3 is 1. The summed E-state index contributed by atoms with van der Waals surface area (Å²) in [5.41, 5.74) is 6.77. The second-order valence-corrected chi connectivity index (χ2v) is 5.82. The highest BCUT2D eigenvalue weighted by molar-refractivity contribution is 5.66. The van der Waals surface area contributed by atoms with E-state index in [1.54, 1.807) is 7.11 Å². The Morgan fingerprint density at radius 3 is 2.30 bits per heavy atom. The van der Waals surface area contributed by atoms with Crippen molar-refractivity contribution in [3.63, 3.8) is 0 Å². The van der Waals surface area contributed by atoms with Gasteiger partial charge in [0.1, 0.15) is 5.75 Å². The normalized spacial score (nSPS) is 10.4. The second-order valence-electron chi connectivity index (χ2n) is 5.82. The predicted molar refractivity (Wildman–Crippen MR) is 81.8 cm³/mol. The number of carboxylic acids is 1. The first-order chi connectivity index (χ1) is 9.30. The van der Waals surface area contributed by atoms with Crippen molar-refractivity contribution in [1.82, 2.24) is 0 Å². The van der Waals surface area contributed by atoms with Crippen molar-refractivity contribution >= 4 is 5.97 Å². The monoisotopic (exact) mass is 281 g/mol. The van der Waals surface area contributed by atoms with Crippen LogP contribution in [-0.4, -0.2) is 18.2 Å². The Labute approximate surface area is 121 Å². The number of para-hydroxylation sites is 1. The van der Waals surface area contributed by atoms with Crippen LogP contribution in [0.1, 0.15) is 45.6 Å². The van der Waals surface area contributed by atoms with Gasteiger partial charge in [0.25, 0.3) is 0 Å². The van der Waals surface area contributed by atoms with Gasteiger partial charge in [-0.25, -0.2) is 0 Å². The maximum atomic E-state index is 10.1. The maximum absolute atomic E-state index is 10.1. The Bertz CT molecular complexity index is 374. The van der Waals surface area contributed by atoms with Crippen LogP contribution in [-0.2, 0) is 11.3 Å². The van der Waals surface area contributed by atoms with Crippen LogP contribution in [0, 0.1) is 5.41 Å². The lowest BCUT2D eigenvalue weighted by atomic mass is 9.90. The third kappa shape index (κ3) is 9.39. The topological polar surface area (TPSA) is 72.5 Å². The third-order valence-corrected chi connectivity index (χ3v) is 2.73. The average Bonchev–Trinajstić information content (AvgIpc) is 2.37. The predicted octanol–water partition coefficient (Wildman–Crippen LogP) is 3.44. The minimum absolute atomic E-state index is 0.273. The number of ether oxygens (including phenoxy) is 1. The van der Waals surface area contributed by atoms with E-state index in [1.807, 2.05) is 24.3 Å². The SMILES string of the molecule is CC(C)(C)CCCC(=O)O.COc1ccccc1CN. The highest BCUT2D eigenvalue weighted by Crippen LogP contribution is 2.21. The van der Waals surface area contributed by atoms with Gasteiger partial charge in [0.2, 0.25) is 0 Å². The van der Waals surface area contributed by atoms with Gasteiger partial charge in [0, 0.05) is 18.5 Å². The zero-order chi connectivity index (χ0) is 15.6. The molecule has 0 amide bonds. The van der Waals surface area contributed by atoms with E-state index in [2.05, 4.69) is 20.8 Å². The molecule has 20 heavy (non-hydrogen) atoms. The standard InChI is InChI=1S/C8H11NO.C8H16O2/c1-10-8-5-3-2-4-7(8)6-9;1-8(2,3)6-4-5-7(9)10/h2-5H,6,9H2,1H3;4-6H2,1-3H3,(H,9,10). The van der Waals surface area contributed by atoms with Gasteiger partial charge in [-0.1, -0.05) is 39.0 Å². The zero-order valence-corrected chi connectivity index (χ0v) is 13.0. The molecule has 0 spiro atoms. The quantitative estimate of drug-likeness (QED) is 0.867. The van der Waals surface area contributed by atoms with Gasteiger partial charge < -0.3 is 15.6 Å². The molecule has 0 heterocycles. The molecule has 0 radical (unpaired) electrons. The highest BCUT2D eigenvalue weighted by Gasteiger charge is 2.09. The molecule has 0 aliphatic carbocycles. The van der Waals surface area contributed by atoms with E-state index in [4.69, 9.17) is 15.6 Å². The molecule has 0 aromatic heterocycles. The number of nitrogens with two attached hydrogens (primary N) is 1. The van der Waals surface area contributed by atoms with Crippen molar-refractivity contribution in [2.75, 3.05) is 7.11 Å². The molecule has 0 fully saturated rings. The molecule has 0 saturated carbocycles. The zero-order valence-electron chi connectivity index (χ0n) is 13.0. The minimum atomic E-state index is -0.691. The summed E-state index contributed by atoms with van der Waals surface area (Å²) in [6, 6.07) is 7.74.